The number of nitrogens with zero attached hydrogens (tertiary/aromatic N) is 1. The first-order valence-electron chi connectivity index (χ1n) is 5.65. The molecule has 16 heavy (non-hydrogen) atoms. The Morgan fingerprint density at radius 1 is 1.69 bits per heavy atom. The molecule has 0 spiro atoms. The highest BCUT2D eigenvalue weighted by atomic mass is 32.1. The molecule has 3 nitrogen and oxygen atoms in total. The first kappa shape index (κ1) is 11.3. The lowest BCUT2D eigenvalue weighted by atomic mass is 10.1. The normalized spacial score (nSPS) is 22.9. The molecule has 3 N–H and O–H groups in total. The van der Waals surface area contributed by atoms with Crippen molar-refractivity contribution >= 4 is 23.0 Å². The summed E-state index contributed by atoms with van der Waals surface area (Å²) in [6.45, 7) is 4.22. The molecular weight excluding hydrogens is 218 g/mol. The summed E-state index contributed by atoms with van der Waals surface area (Å²) < 4.78 is 0. The van der Waals surface area contributed by atoms with Crippen LogP contribution >= 0.6 is 12.2 Å². The summed E-state index contributed by atoms with van der Waals surface area (Å²) in [6.07, 6.45) is 4.23. The molecule has 0 radical (unpaired) electrons. The standard InChI is InChI=1S/C12H17N3S/c1-3-8-6-9(8)15-12-10(11(13)16)7(2)4-5-14-12/h4-5,8-9H,3,6H2,1-2H3,(H2,13,16)(H,14,15). The molecule has 1 aromatic heterocycles. The van der Waals surface area contributed by atoms with Gasteiger partial charge in [-0.15, -0.1) is 0 Å². The van der Waals surface area contributed by atoms with Crippen LogP contribution in [-0.4, -0.2) is 16.0 Å². The molecule has 2 rings (SSSR count). The molecule has 86 valence electrons. The maximum atomic E-state index is 5.73. The molecule has 1 heterocycles. The zero-order valence-electron chi connectivity index (χ0n) is 9.66. The maximum Gasteiger partial charge on any atom is 0.136 e. The average Bonchev–Trinajstić information content (AvgIpc) is 2.96. The number of hydrogen-bond donors (Lipinski definition) is 2. The van der Waals surface area contributed by atoms with Gasteiger partial charge in [-0.3, -0.25) is 0 Å². The number of nitrogens with one attached hydrogen (secondary N) is 1. The van der Waals surface area contributed by atoms with Crippen molar-refractivity contribution in [1.82, 2.24) is 4.98 Å². The molecule has 4 heteroatoms. The maximum absolute atomic E-state index is 5.73. The Morgan fingerprint density at radius 3 is 3.00 bits per heavy atom. The van der Waals surface area contributed by atoms with Crippen LogP contribution in [0, 0.1) is 12.8 Å². The summed E-state index contributed by atoms with van der Waals surface area (Å²) in [7, 11) is 0. The Hall–Kier alpha value is -1.16. The van der Waals surface area contributed by atoms with Crippen LogP contribution in [-0.2, 0) is 0 Å². The van der Waals surface area contributed by atoms with Crippen molar-refractivity contribution in [3.8, 4) is 0 Å². The smallest absolute Gasteiger partial charge is 0.136 e. The summed E-state index contributed by atoms with van der Waals surface area (Å²) in [5.74, 6) is 1.62. The summed E-state index contributed by atoms with van der Waals surface area (Å²) in [6, 6.07) is 2.48. The fraction of sp³-hybridized carbons (Fsp3) is 0.500. The Balaban J connectivity index is 2.20. The molecule has 2 atom stereocenters. The summed E-state index contributed by atoms with van der Waals surface area (Å²) >= 11 is 5.07. The lowest BCUT2D eigenvalue weighted by Crippen LogP contribution is -2.17. The van der Waals surface area contributed by atoms with Crippen molar-refractivity contribution in [3.63, 3.8) is 0 Å². The van der Waals surface area contributed by atoms with Crippen LogP contribution in [0.15, 0.2) is 12.3 Å². The summed E-state index contributed by atoms with van der Waals surface area (Å²) in [5, 5.41) is 3.43. The number of aryl methyl sites for hydroxylation is 1. The van der Waals surface area contributed by atoms with Gasteiger partial charge in [0, 0.05) is 12.2 Å². The lowest BCUT2D eigenvalue weighted by Gasteiger charge is -2.11. The summed E-state index contributed by atoms with van der Waals surface area (Å²) in [4.78, 5) is 4.75. The monoisotopic (exact) mass is 235 g/mol. The summed E-state index contributed by atoms with van der Waals surface area (Å²) in [5.41, 5.74) is 7.70. The molecule has 0 amide bonds. The third kappa shape index (κ3) is 2.16. The van der Waals surface area contributed by atoms with Crippen molar-refractivity contribution in [3.05, 3.63) is 23.4 Å². The molecule has 0 aliphatic heterocycles. The van der Waals surface area contributed by atoms with Crippen LogP contribution in [0.25, 0.3) is 0 Å². The van der Waals surface area contributed by atoms with E-state index in [0.29, 0.717) is 11.0 Å². The van der Waals surface area contributed by atoms with Crippen molar-refractivity contribution in [2.75, 3.05) is 5.32 Å². The fourth-order valence-corrected chi connectivity index (χ4v) is 2.29. The predicted molar refractivity (Wildman–Crippen MR) is 70.7 cm³/mol. The Labute approximate surface area is 101 Å². The van der Waals surface area contributed by atoms with E-state index in [1.165, 1.54) is 12.8 Å². The number of nitrogens with two attached hydrogens (primary N) is 1. The number of pyridine rings is 1. The third-order valence-corrected chi connectivity index (χ3v) is 3.38. The van der Waals surface area contributed by atoms with Crippen molar-refractivity contribution in [2.24, 2.45) is 11.7 Å². The van der Waals surface area contributed by atoms with E-state index in [1.54, 1.807) is 6.20 Å². The van der Waals surface area contributed by atoms with Gasteiger partial charge in [-0.05, 0) is 30.9 Å². The Bertz CT molecular complexity index is 417. The largest absolute Gasteiger partial charge is 0.389 e. The average molecular weight is 235 g/mol. The first-order valence-corrected chi connectivity index (χ1v) is 6.06. The second kappa shape index (κ2) is 4.37. The topological polar surface area (TPSA) is 50.9 Å². The van der Waals surface area contributed by atoms with Crippen molar-refractivity contribution in [1.29, 1.82) is 0 Å². The first-order chi connectivity index (χ1) is 7.63. The molecular formula is C12H17N3S. The van der Waals surface area contributed by atoms with Gasteiger partial charge in [-0.25, -0.2) is 4.98 Å². The van der Waals surface area contributed by atoms with E-state index in [0.717, 1.165) is 22.9 Å². The Morgan fingerprint density at radius 2 is 2.44 bits per heavy atom. The highest BCUT2D eigenvalue weighted by molar-refractivity contribution is 7.80. The van der Waals surface area contributed by atoms with Gasteiger partial charge in [0.05, 0.1) is 5.56 Å². The van der Waals surface area contributed by atoms with Crippen LogP contribution in [0.4, 0.5) is 5.82 Å². The second-order valence-electron chi connectivity index (χ2n) is 4.37. The number of anilines is 1. The van der Waals surface area contributed by atoms with E-state index < -0.39 is 0 Å². The lowest BCUT2D eigenvalue weighted by molar-refractivity contribution is 0.773. The quantitative estimate of drug-likeness (QED) is 0.786. The number of hydrogen-bond acceptors (Lipinski definition) is 3. The SMILES string of the molecule is CCC1CC1Nc1nccc(C)c1C(N)=S. The molecule has 0 saturated heterocycles. The molecule has 1 aliphatic rings. The van der Waals surface area contributed by atoms with Crippen LogP contribution in [0.3, 0.4) is 0 Å². The van der Waals surface area contributed by atoms with Crippen LogP contribution in [0.2, 0.25) is 0 Å². The fourth-order valence-electron chi connectivity index (χ4n) is 2.03. The molecule has 1 saturated carbocycles. The van der Waals surface area contributed by atoms with Crippen molar-refractivity contribution in [2.45, 2.75) is 32.7 Å². The van der Waals surface area contributed by atoms with Gasteiger partial charge >= 0.3 is 0 Å². The number of thiocarbonyl (C=S) groups is 1. The zero-order chi connectivity index (χ0) is 11.7. The van der Waals surface area contributed by atoms with E-state index in [2.05, 4.69) is 17.2 Å². The van der Waals surface area contributed by atoms with Crippen LogP contribution in [0.5, 0.6) is 0 Å². The van der Waals surface area contributed by atoms with E-state index in [1.807, 2.05) is 13.0 Å². The Kier molecular flexibility index (Phi) is 3.10. The zero-order valence-corrected chi connectivity index (χ0v) is 10.5. The van der Waals surface area contributed by atoms with Gasteiger partial charge in [0.1, 0.15) is 10.8 Å². The molecule has 1 aliphatic carbocycles. The van der Waals surface area contributed by atoms with E-state index in [9.17, 15) is 0 Å². The second-order valence-corrected chi connectivity index (χ2v) is 4.81. The molecule has 0 bridgehead atoms. The minimum absolute atomic E-state index is 0.418. The molecule has 0 aromatic carbocycles. The van der Waals surface area contributed by atoms with E-state index in [-0.39, 0.29) is 0 Å². The molecule has 2 unspecified atom stereocenters. The highest BCUT2D eigenvalue weighted by Crippen LogP contribution is 2.36. The van der Waals surface area contributed by atoms with Gasteiger partial charge in [0.2, 0.25) is 0 Å². The van der Waals surface area contributed by atoms with Gasteiger partial charge in [0.15, 0.2) is 0 Å². The van der Waals surface area contributed by atoms with Gasteiger partial charge in [0.25, 0.3) is 0 Å². The van der Waals surface area contributed by atoms with E-state index >= 15 is 0 Å². The van der Waals surface area contributed by atoms with Gasteiger partial charge in [-0.2, -0.15) is 0 Å². The minimum Gasteiger partial charge on any atom is -0.389 e. The van der Waals surface area contributed by atoms with Crippen LogP contribution in [0.1, 0.15) is 30.9 Å². The van der Waals surface area contributed by atoms with Crippen molar-refractivity contribution < 1.29 is 0 Å². The third-order valence-electron chi connectivity index (χ3n) is 3.17. The predicted octanol–water partition coefficient (Wildman–Crippen LogP) is 2.23. The number of aromatic nitrogens is 1. The minimum atomic E-state index is 0.418. The number of rotatable bonds is 4. The molecule has 1 aromatic rings. The van der Waals surface area contributed by atoms with Gasteiger partial charge in [-0.1, -0.05) is 25.6 Å². The highest BCUT2D eigenvalue weighted by Gasteiger charge is 2.35. The van der Waals surface area contributed by atoms with Gasteiger partial charge < -0.3 is 11.1 Å². The van der Waals surface area contributed by atoms with Crippen LogP contribution < -0.4 is 11.1 Å². The van der Waals surface area contributed by atoms with E-state index in [4.69, 9.17) is 18.0 Å². The molecule has 1 fully saturated rings.